The van der Waals surface area contributed by atoms with E-state index in [-0.39, 0.29) is 11.7 Å². The number of hydrogen-bond donors (Lipinski definition) is 2. The summed E-state index contributed by atoms with van der Waals surface area (Å²) in [7, 11) is 1.69. The molecule has 108 valence electrons. The summed E-state index contributed by atoms with van der Waals surface area (Å²) in [4.78, 5) is 21.2. The molecule has 2 saturated heterocycles. The molecule has 8 heteroatoms. The van der Waals surface area contributed by atoms with Gasteiger partial charge in [-0.1, -0.05) is 0 Å². The standard InChI is InChI=1S/C12H18N6O2/c1-13-12-14-7-10(18(19)20)11(16-12)15-8-4-6-17-5-2-3-9(8)17/h7-9H,2-6H2,1H3,(H2,13,14,15,16). The summed E-state index contributed by atoms with van der Waals surface area (Å²) in [6.07, 6.45) is 4.61. The van der Waals surface area contributed by atoms with Gasteiger partial charge in [-0.15, -0.1) is 0 Å². The lowest BCUT2D eigenvalue weighted by atomic mass is 10.1. The minimum absolute atomic E-state index is 0.0690. The molecule has 0 aromatic carbocycles. The Labute approximate surface area is 116 Å². The Morgan fingerprint density at radius 3 is 3.05 bits per heavy atom. The Bertz CT molecular complexity index is 523. The summed E-state index contributed by atoms with van der Waals surface area (Å²) in [6.45, 7) is 2.19. The smallest absolute Gasteiger partial charge is 0.329 e. The first kappa shape index (κ1) is 13.0. The molecule has 0 aliphatic carbocycles. The van der Waals surface area contributed by atoms with E-state index in [0.717, 1.165) is 25.9 Å². The minimum atomic E-state index is -0.441. The van der Waals surface area contributed by atoms with Crippen LogP contribution >= 0.6 is 0 Å². The summed E-state index contributed by atoms with van der Waals surface area (Å²) < 4.78 is 0. The molecule has 1 aromatic heterocycles. The van der Waals surface area contributed by atoms with Gasteiger partial charge in [0, 0.05) is 25.7 Å². The number of nitro groups is 1. The van der Waals surface area contributed by atoms with Crippen molar-refractivity contribution >= 4 is 17.5 Å². The molecule has 20 heavy (non-hydrogen) atoms. The zero-order valence-electron chi connectivity index (χ0n) is 11.4. The molecule has 2 N–H and O–H groups in total. The maximum Gasteiger partial charge on any atom is 0.329 e. The number of nitrogens with one attached hydrogen (secondary N) is 2. The molecule has 0 saturated carbocycles. The first-order valence-electron chi connectivity index (χ1n) is 6.89. The monoisotopic (exact) mass is 278 g/mol. The number of nitrogens with zero attached hydrogens (tertiary/aromatic N) is 4. The summed E-state index contributed by atoms with van der Waals surface area (Å²) in [5.41, 5.74) is -0.0690. The van der Waals surface area contributed by atoms with Crippen LogP contribution in [0.15, 0.2) is 6.20 Å². The molecule has 2 aliphatic rings. The van der Waals surface area contributed by atoms with Gasteiger partial charge in [0.15, 0.2) is 0 Å². The highest BCUT2D eigenvalue weighted by Crippen LogP contribution is 2.32. The van der Waals surface area contributed by atoms with E-state index in [2.05, 4.69) is 25.5 Å². The Morgan fingerprint density at radius 1 is 1.45 bits per heavy atom. The molecule has 2 aliphatic heterocycles. The van der Waals surface area contributed by atoms with Crippen molar-refractivity contribution in [1.29, 1.82) is 0 Å². The number of anilines is 2. The van der Waals surface area contributed by atoms with E-state index in [1.165, 1.54) is 12.6 Å². The Kier molecular flexibility index (Phi) is 3.39. The molecule has 3 heterocycles. The summed E-state index contributed by atoms with van der Waals surface area (Å²) in [5.74, 6) is 0.701. The van der Waals surface area contributed by atoms with Crippen LogP contribution in [-0.2, 0) is 0 Å². The second-order valence-corrected chi connectivity index (χ2v) is 5.22. The molecule has 1 aromatic rings. The highest BCUT2D eigenvalue weighted by molar-refractivity contribution is 5.57. The number of hydrogen-bond acceptors (Lipinski definition) is 7. The third kappa shape index (κ3) is 2.26. The van der Waals surface area contributed by atoms with Crippen LogP contribution in [0.3, 0.4) is 0 Å². The minimum Gasteiger partial charge on any atom is -0.360 e. The number of rotatable bonds is 4. The quantitative estimate of drug-likeness (QED) is 0.628. The first-order chi connectivity index (χ1) is 9.69. The predicted molar refractivity (Wildman–Crippen MR) is 74.9 cm³/mol. The van der Waals surface area contributed by atoms with E-state index in [4.69, 9.17) is 0 Å². The van der Waals surface area contributed by atoms with Crippen LogP contribution in [0.1, 0.15) is 19.3 Å². The van der Waals surface area contributed by atoms with Crippen molar-refractivity contribution in [2.24, 2.45) is 0 Å². The fourth-order valence-electron chi connectivity index (χ4n) is 3.16. The predicted octanol–water partition coefficient (Wildman–Crippen LogP) is 1.08. The van der Waals surface area contributed by atoms with Gasteiger partial charge >= 0.3 is 5.69 Å². The summed E-state index contributed by atoms with van der Waals surface area (Å²) in [5, 5.41) is 17.1. The normalized spacial score (nSPS) is 25.4. The van der Waals surface area contributed by atoms with Crippen molar-refractivity contribution in [1.82, 2.24) is 14.9 Å². The van der Waals surface area contributed by atoms with Gasteiger partial charge in [-0.25, -0.2) is 4.98 Å². The fourth-order valence-corrected chi connectivity index (χ4v) is 3.16. The SMILES string of the molecule is CNc1ncc([N+](=O)[O-])c(NC2CCN3CCCC23)n1. The summed E-state index contributed by atoms with van der Waals surface area (Å²) >= 11 is 0. The molecule has 3 rings (SSSR count). The van der Waals surface area contributed by atoms with Gasteiger partial charge in [0.2, 0.25) is 11.8 Å². The Morgan fingerprint density at radius 2 is 2.30 bits per heavy atom. The molecule has 0 spiro atoms. The zero-order valence-corrected chi connectivity index (χ0v) is 11.4. The van der Waals surface area contributed by atoms with E-state index in [1.54, 1.807) is 7.05 Å². The Hall–Kier alpha value is -1.96. The number of fused-ring (bicyclic) bond motifs is 1. The topological polar surface area (TPSA) is 96.2 Å². The molecule has 0 radical (unpaired) electrons. The fraction of sp³-hybridized carbons (Fsp3) is 0.667. The van der Waals surface area contributed by atoms with Gasteiger partial charge in [-0.2, -0.15) is 4.98 Å². The second-order valence-electron chi connectivity index (χ2n) is 5.22. The van der Waals surface area contributed by atoms with Crippen molar-refractivity contribution in [3.05, 3.63) is 16.3 Å². The molecule has 8 nitrogen and oxygen atoms in total. The highest BCUT2D eigenvalue weighted by atomic mass is 16.6. The molecule has 2 atom stereocenters. The van der Waals surface area contributed by atoms with Gasteiger partial charge in [-0.05, 0) is 25.8 Å². The van der Waals surface area contributed by atoms with Crippen molar-refractivity contribution in [3.8, 4) is 0 Å². The largest absolute Gasteiger partial charge is 0.360 e. The van der Waals surface area contributed by atoms with Gasteiger partial charge in [-0.3, -0.25) is 15.0 Å². The molecule has 2 unspecified atom stereocenters. The highest BCUT2D eigenvalue weighted by Gasteiger charge is 2.38. The average molecular weight is 278 g/mol. The molecule has 0 bridgehead atoms. The summed E-state index contributed by atoms with van der Waals surface area (Å²) in [6, 6.07) is 0.707. The number of aromatic nitrogens is 2. The van der Waals surface area contributed by atoms with E-state index in [9.17, 15) is 10.1 Å². The molecular formula is C12H18N6O2. The lowest BCUT2D eigenvalue weighted by Gasteiger charge is -2.21. The maximum atomic E-state index is 11.1. The van der Waals surface area contributed by atoms with Gasteiger partial charge in [0.1, 0.15) is 6.20 Å². The van der Waals surface area contributed by atoms with E-state index >= 15 is 0 Å². The first-order valence-corrected chi connectivity index (χ1v) is 6.89. The zero-order chi connectivity index (χ0) is 14.1. The van der Waals surface area contributed by atoms with Crippen LogP contribution in [0.4, 0.5) is 17.5 Å². The lowest BCUT2D eigenvalue weighted by Crippen LogP contribution is -2.34. The van der Waals surface area contributed by atoms with Crippen LogP contribution < -0.4 is 10.6 Å². The maximum absolute atomic E-state index is 11.1. The van der Waals surface area contributed by atoms with Gasteiger partial charge in [0.05, 0.1) is 4.92 Å². The van der Waals surface area contributed by atoms with Crippen LogP contribution in [0, 0.1) is 10.1 Å². The van der Waals surface area contributed by atoms with E-state index in [0.29, 0.717) is 17.8 Å². The van der Waals surface area contributed by atoms with Crippen LogP contribution in [0.2, 0.25) is 0 Å². The third-order valence-corrected chi connectivity index (χ3v) is 4.12. The third-order valence-electron chi connectivity index (χ3n) is 4.12. The lowest BCUT2D eigenvalue weighted by molar-refractivity contribution is -0.384. The average Bonchev–Trinajstić information content (AvgIpc) is 3.03. The molecular weight excluding hydrogens is 260 g/mol. The Balaban J connectivity index is 1.83. The van der Waals surface area contributed by atoms with E-state index < -0.39 is 4.92 Å². The van der Waals surface area contributed by atoms with Crippen molar-refractivity contribution in [2.45, 2.75) is 31.3 Å². The van der Waals surface area contributed by atoms with Crippen LogP contribution in [0.25, 0.3) is 0 Å². The second kappa shape index (κ2) is 5.20. The van der Waals surface area contributed by atoms with Crippen molar-refractivity contribution < 1.29 is 4.92 Å². The van der Waals surface area contributed by atoms with Gasteiger partial charge < -0.3 is 10.6 Å². The van der Waals surface area contributed by atoms with Crippen molar-refractivity contribution in [3.63, 3.8) is 0 Å². The van der Waals surface area contributed by atoms with Crippen LogP contribution in [-0.4, -0.2) is 52.0 Å². The van der Waals surface area contributed by atoms with Crippen LogP contribution in [0.5, 0.6) is 0 Å². The molecule has 0 amide bonds. The van der Waals surface area contributed by atoms with Gasteiger partial charge in [0.25, 0.3) is 0 Å². The molecule has 2 fully saturated rings. The van der Waals surface area contributed by atoms with Crippen molar-refractivity contribution in [2.75, 3.05) is 30.8 Å². The van der Waals surface area contributed by atoms with E-state index in [1.807, 2.05) is 0 Å².